The van der Waals surface area contributed by atoms with Crippen molar-refractivity contribution in [3.8, 4) is 16.8 Å². The molecule has 0 radical (unpaired) electrons. The Hall–Kier alpha value is -2.62. The van der Waals surface area contributed by atoms with Crippen molar-refractivity contribution in [2.24, 2.45) is 0 Å². The van der Waals surface area contributed by atoms with Gasteiger partial charge in [-0.15, -0.1) is 0 Å². The van der Waals surface area contributed by atoms with E-state index in [0.717, 1.165) is 16.8 Å². The van der Waals surface area contributed by atoms with Gasteiger partial charge in [0.05, 0.1) is 5.69 Å². The SMILES string of the molecule is O=c1[nH]ccn1-c1ccc(-c2ccncc2)cc1. The molecule has 0 fully saturated rings. The van der Waals surface area contributed by atoms with Crippen LogP contribution >= 0.6 is 0 Å². The van der Waals surface area contributed by atoms with E-state index in [1.807, 2.05) is 36.4 Å². The fourth-order valence-corrected chi connectivity index (χ4v) is 1.88. The van der Waals surface area contributed by atoms with Crippen molar-refractivity contribution in [3.05, 3.63) is 71.7 Å². The lowest BCUT2D eigenvalue weighted by molar-refractivity contribution is 0.988. The third kappa shape index (κ3) is 1.84. The van der Waals surface area contributed by atoms with Gasteiger partial charge in [0, 0.05) is 24.8 Å². The first-order valence-electron chi connectivity index (χ1n) is 5.61. The maximum Gasteiger partial charge on any atom is 0.330 e. The lowest BCUT2D eigenvalue weighted by Crippen LogP contribution is -2.13. The molecule has 0 bridgehead atoms. The zero-order chi connectivity index (χ0) is 12.4. The van der Waals surface area contributed by atoms with Crippen molar-refractivity contribution in [2.75, 3.05) is 0 Å². The molecule has 4 heteroatoms. The Morgan fingerprint density at radius 2 is 1.61 bits per heavy atom. The molecule has 0 aliphatic rings. The summed E-state index contributed by atoms with van der Waals surface area (Å²) in [5, 5.41) is 0. The molecule has 0 saturated heterocycles. The van der Waals surface area contributed by atoms with E-state index in [4.69, 9.17) is 0 Å². The summed E-state index contributed by atoms with van der Waals surface area (Å²) in [7, 11) is 0. The topological polar surface area (TPSA) is 50.7 Å². The van der Waals surface area contributed by atoms with E-state index < -0.39 is 0 Å². The first kappa shape index (κ1) is 10.5. The highest BCUT2D eigenvalue weighted by Crippen LogP contribution is 2.19. The van der Waals surface area contributed by atoms with Crippen LogP contribution in [0.2, 0.25) is 0 Å². The summed E-state index contributed by atoms with van der Waals surface area (Å²) in [6.45, 7) is 0. The number of H-pyrrole nitrogens is 1. The summed E-state index contributed by atoms with van der Waals surface area (Å²) in [6.07, 6.45) is 6.86. The number of nitrogens with one attached hydrogen (secondary N) is 1. The molecule has 0 aliphatic carbocycles. The molecule has 0 atom stereocenters. The molecule has 18 heavy (non-hydrogen) atoms. The number of benzene rings is 1. The summed E-state index contributed by atoms with van der Waals surface area (Å²) in [6, 6.07) is 11.7. The highest BCUT2D eigenvalue weighted by molar-refractivity contribution is 5.63. The Balaban J connectivity index is 2.00. The number of aromatic amines is 1. The summed E-state index contributed by atoms with van der Waals surface area (Å²) in [5.41, 5.74) is 2.92. The minimum Gasteiger partial charge on any atom is -0.312 e. The predicted octanol–water partition coefficient (Wildman–Crippen LogP) is 2.23. The summed E-state index contributed by atoms with van der Waals surface area (Å²) >= 11 is 0. The predicted molar refractivity (Wildman–Crippen MR) is 69.6 cm³/mol. The average molecular weight is 237 g/mol. The van der Waals surface area contributed by atoms with Gasteiger partial charge in [-0.1, -0.05) is 12.1 Å². The maximum absolute atomic E-state index is 11.5. The molecule has 2 aromatic heterocycles. The van der Waals surface area contributed by atoms with Crippen LogP contribution in [-0.2, 0) is 0 Å². The molecule has 4 nitrogen and oxygen atoms in total. The van der Waals surface area contributed by atoms with Crippen LogP contribution in [0, 0.1) is 0 Å². The van der Waals surface area contributed by atoms with Gasteiger partial charge in [0.1, 0.15) is 0 Å². The lowest BCUT2D eigenvalue weighted by atomic mass is 10.1. The number of hydrogen-bond donors (Lipinski definition) is 1. The Kier molecular flexibility index (Phi) is 2.53. The van der Waals surface area contributed by atoms with Gasteiger partial charge in [-0.2, -0.15) is 0 Å². The van der Waals surface area contributed by atoms with Gasteiger partial charge in [-0.25, -0.2) is 4.79 Å². The fraction of sp³-hybridized carbons (Fsp3) is 0. The molecular formula is C14H11N3O. The highest BCUT2D eigenvalue weighted by Gasteiger charge is 2.01. The van der Waals surface area contributed by atoms with Crippen molar-refractivity contribution >= 4 is 0 Å². The van der Waals surface area contributed by atoms with E-state index in [1.54, 1.807) is 29.4 Å². The van der Waals surface area contributed by atoms with Crippen LogP contribution in [0.25, 0.3) is 16.8 Å². The molecule has 3 rings (SSSR count). The molecule has 0 spiro atoms. The number of imidazole rings is 1. The molecule has 1 N–H and O–H groups in total. The zero-order valence-electron chi connectivity index (χ0n) is 9.58. The second kappa shape index (κ2) is 4.33. The second-order valence-corrected chi connectivity index (χ2v) is 3.92. The van der Waals surface area contributed by atoms with E-state index >= 15 is 0 Å². The van der Waals surface area contributed by atoms with Gasteiger partial charge in [-0.3, -0.25) is 9.55 Å². The Bertz CT molecular complexity index is 696. The normalized spacial score (nSPS) is 10.4. The van der Waals surface area contributed by atoms with E-state index in [2.05, 4.69) is 9.97 Å². The van der Waals surface area contributed by atoms with E-state index in [1.165, 1.54) is 0 Å². The summed E-state index contributed by atoms with van der Waals surface area (Å²) in [4.78, 5) is 18.1. The van der Waals surface area contributed by atoms with Crippen molar-refractivity contribution in [3.63, 3.8) is 0 Å². The van der Waals surface area contributed by atoms with Crippen LogP contribution < -0.4 is 5.69 Å². The van der Waals surface area contributed by atoms with Crippen LogP contribution in [0.4, 0.5) is 0 Å². The first-order chi connectivity index (χ1) is 8.84. The van der Waals surface area contributed by atoms with Crippen LogP contribution in [0.15, 0.2) is 66.0 Å². The highest BCUT2D eigenvalue weighted by atomic mass is 16.1. The molecule has 3 aromatic rings. The summed E-state index contributed by atoms with van der Waals surface area (Å²) < 4.78 is 1.57. The number of pyridine rings is 1. The molecule has 88 valence electrons. The Morgan fingerprint density at radius 3 is 2.22 bits per heavy atom. The molecule has 0 saturated carbocycles. The first-order valence-corrected chi connectivity index (χ1v) is 5.61. The number of rotatable bonds is 2. The van der Waals surface area contributed by atoms with Gasteiger partial charge < -0.3 is 4.98 Å². The number of nitrogens with zero attached hydrogens (tertiary/aromatic N) is 2. The van der Waals surface area contributed by atoms with Gasteiger partial charge in [0.25, 0.3) is 0 Å². The number of aromatic nitrogens is 3. The third-order valence-corrected chi connectivity index (χ3v) is 2.81. The van der Waals surface area contributed by atoms with Gasteiger partial charge in [0.15, 0.2) is 0 Å². The molecular weight excluding hydrogens is 226 g/mol. The van der Waals surface area contributed by atoms with E-state index in [9.17, 15) is 4.79 Å². The Labute approximate surface area is 104 Å². The standard InChI is InChI=1S/C14H11N3O/c18-14-16-9-10-17(14)13-3-1-11(2-4-13)12-5-7-15-8-6-12/h1-10H,(H,16,18). The van der Waals surface area contributed by atoms with Crippen LogP contribution in [0.5, 0.6) is 0 Å². The molecule has 0 amide bonds. The number of hydrogen-bond acceptors (Lipinski definition) is 2. The van der Waals surface area contributed by atoms with E-state index in [0.29, 0.717) is 0 Å². The molecule has 0 unspecified atom stereocenters. The largest absolute Gasteiger partial charge is 0.330 e. The van der Waals surface area contributed by atoms with Crippen LogP contribution in [-0.4, -0.2) is 14.5 Å². The van der Waals surface area contributed by atoms with Gasteiger partial charge in [-0.05, 0) is 35.4 Å². The monoisotopic (exact) mass is 237 g/mol. The van der Waals surface area contributed by atoms with Crippen molar-refractivity contribution in [1.29, 1.82) is 0 Å². The quantitative estimate of drug-likeness (QED) is 0.743. The van der Waals surface area contributed by atoms with Crippen molar-refractivity contribution in [1.82, 2.24) is 14.5 Å². The van der Waals surface area contributed by atoms with Gasteiger partial charge in [0.2, 0.25) is 0 Å². The minimum absolute atomic E-state index is 0.133. The van der Waals surface area contributed by atoms with Crippen molar-refractivity contribution < 1.29 is 0 Å². The molecule has 1 aromatic carbocycles. The summed E-state index contributed by atoms with van der Waals surface area (Å²) in [5.74, 6) is 0. The molecule has 0 aliphatic heterocycles. The Morgan fingerprint density at radius 1 is 0.944 bits per heavy atom. The maximum atomic E-state index is 11.5. The average Bonchev–Trinajstić information content (AvgIpc) is 2.86. The van der Waals surface area contributed by atoms with Crippen LogP contribution in [0.3, 0.4) is 0 Å². The zero-order valence-corrected chi connectivity index (χ0v) is 9.58. The second-order valence-electron chi connectivity index (χ2n) is 3.92. The van der Waals surface area contributed by atoms with Crippen LogP contribution in [0.1, 0.15) is 0 Å². The fourth-order valence-electron chi connectivity index (χ4n) is 1.88. The van der Waals surface area contributed by atoms with Crippen molar-refractivity contribution in [2.45, 2.75) is 0 Å². The van der Waals surface area contributed by atoms with Gasteiger partial charge >= 0.3 is 5.69 Å². The van der Waals surface area contributed by atoms with E-state index in [-0.39, 0.29) is 5.69 Å². The smallest absolute Gasteiger partial charge is 0.312 e. The molecule has 2 heterocycles. The minimum atomic E-state index is -0.133. The lowest BCUT2D eigenvalue weighted by Gasteiger charge is -2.04. The third-order valence-electron chi connectivity index (χ3n) is 2.81.